The molecule has 24 aromatic carbocycles. The highest BCUT2D eigenvalue weighted by Crippen LogP contribution is 2.54. The van der Waals surface area contributed by atoms with E-state index >= 15 is 0 Å². The zero-order chi connectivity index (χ0) is 94.6. The van der Waals surface area contributed by atoms with Crippen molar-refractivity contribution >= 4 is 221 Å². The van der Waals surface area contributed by atoms with Crippen molar-refractivity contribution in [1.82, 2.24) is 0 Å². The van der Waals surface area contributed by atoms with Gasteiger partial charge in [0.15, 0.2) is 0 Å². The van der Waals surface area contributed by atoms with Gasteiger partial charge in [-0.05, 0) is 286 Å². The second-order valence-corrected chi connectivity index (χ2v) is 38.2. The minimum absolute atomic E-state index is 0.895. The molecule has 672 valence electrons. The molecule has 28 aromatic rings. The van der Waals surface area contributed by atoms with Crippen LogP contribution in [0, 0.1) is 41.5 Å². The van der Waals surface area contributed by atoms with Crippen LogP contribution in [0.2, 0.25) is 0 Å². The lowest BCUT2D eigenvalue weighted by molar-refractivity contribution is 0.669. The molecule has 0 saturated heterocycles. The van der Waals surface area contributed by atoms with Gasteiger partial charge in [0.05, 0.1) is 22.7 Å². The van der Waals surface area contributed by atoms with E-state index < -0.39 is 0 Å². The van der Waals surface area contributed by atoms with Crippen molar-refractivity contribution in [2.24, 2.45) is 0 Å². The first kappa shape index (κ1) is 83.2. The third kappa shape index (κ3) is 13.9. The molecule has 8 nitrogen and oxygen atoms in total. The van der Waals surface area contributed by atoms with Crippen LogP contribution in [-0.2, 0) is 0 Å². The Morgan fingerprint density at radius 1 is 0.148 bits per heavy atom. The first-order valence-electron chi connectivity index (χ1n) is 48.8. The van der Waals surface area contributed by atoms with Gasteiger partial charge in [-0.2, -0.15) is 0 Å². The summed E-state index contributed by atoms with van der Waals surface area (Å²) in [6.45, 7) is 13.1. The van der Waals surface area contributed by atoms with E-state index in [9.17, 15) is 0 Å². The molecule has 0 spiro atoms. The Balaban J connectivity index is 0.000000142. The van der Waals surface area contributed by atoms with Gasteiger partial charge in [-0.15, -0.1) is 0 Å². The van der Waals surface area contributed by atoms with Crippen molar-refractivity contribution < 1.29 is 17.7 Å². The van der Waals surface area contributed by atoms with Gasteiger partial charge in [0.2, 0.25) is 0 Å². The number of para-hydroxylation sites is 8. The Bertz CT molecular complexity index is 9370. The van der Waals surface area contributed by atoms with Crippen LogP contribution in [-0.4, -0.2) is 0 Å². The summed E-state index contributed by atoms with van der Waals surface area (Å²) in [5.41, 5.74) is 36.2. The molecule has 0 atom stereocenters. The molecular weight excluding hydrogens is 1730 g/mol. The van der Waals surface area contributed by atoms with E-state index in [0.29, 0.717) is 0 Å². The predicted octanol–water partition coefficient (Wildman–Crippen LogP) is 39.2. The van der Waals surface area contributed by atoms with Crippen LogP contribution in [0.25, 0.3) is 197 Å². The number of hydrogen-bond acceptors (Lipinski definition) is 8. The standard InChI is InChI=1S/C68H48N2O2.C66H44N2O2/c1-41-33-42(2)36-51(35-41)69(49-15-9-13-47(39-49)53-19-11-21-57-55-17-5-7-23-63(55)71-67(53)57)61-31-27-45-26-30-60-62(32-28-46-25-29-59(61)65(45)66(46)60)70(52-37-43(3)34-44(4)38-52)50-16-10-14-48(40-50)54-20-12-22-58-56-18-6-8-24-64(56)72-68(54)58;1-41-13-7-17-47(37-41)67(49-19-9-15-45(39-49)51-23-11-25-55-53-21-3-5-27-61(53)69-65(51)55)59-35-31-43-30-34-58-60(36-32-44-29-33-57(59)63(43)64(44)58)68(48-18-8-14-42(2)38-48)50-20-10-16-46(40-50)52-24-12-26-56-54-22-4-6-28-62(54)70-66(52)56/h5-40H,1-4H3;3-40H,1-2H3. The second kappa shape index (κ2) is 33.3. The van der Waals surface area contributed by atoms with Crippen molar-refractivity contribution in [1.29, 1.82) is 0 Å². The van der Waals surface area contributed by atoms with Crippen LogP contribution < -0.4 is 19.6 Å². The molecule has 4 heterocycles. The van der Waals surface area contributed by atoms with Crippen molar-refractivity contribution in [3.63, 3.8) is 0 Å². The van der Waals surface area contributed by atoms with Crippen LogP contribution in [0.5, 0.6) is 0 Å². The second-order valence-electron chi connectivity index (χ2n) is 38.2. The van der Waals surface area contributed by atoms with Crippen LogP contribution in [0.4, 0.5) is 68.2 Å². The lowest BCUT2D eigenvalue weighted by Crippen LogP contribution is -2.12. The van der Waals surface area contributed by atoms with E-state index in [0.717, 1.165) is 201 Å². The summed E-state index contributed by atoms with van der Waals surface area (Å²) in [6.07, 6.45) is 0. The maximum atomic E-state index is 6.59. The molecule has 8 heteroatoms. The summed E-state index contributed by atoms with van der Waals surface area (Å²) in [4.78, 5) is 9.75. The van der Waals surface area contributed by atoms with Crippen molar-refractivity contribution in [2.45, 2.75) is 41.5 Å². The fraction of sp³-hybridized carbons (Fsp3) is 0.0448. The molecule has 0 unspecified atom stereocenters. The summed E-state index contributed by atoms with van der Waals surface area (Å²) >= 11 is 0. The third-order valence-corrected chi connectivity index (χ3v) is 28.9. The molecular formula is C134H92N4O4. The highest BCUT2D eigenvalue weighted by Gasteiger charge is 2.29. The largest absolute Gasteiger partial charge is 0.455 e. The van der Waals surface area contributed by atoms with E-state index in [1.54, 1.807) is 0 Å². The highest BCUT2D eigenvalue weighted by atomic mass is 16.3. The molecule has 0 fully saturated rings. The monoisotopic (exact) mass is 1820 g/mol. The number of furan rings is 4. The Morgan fingerprint density at radius 3 is 0.620 bits per heavy atom. The number of hydrogen-bond donors (Lipinski definition) is 0. The molecule has 142 heavy (non-hydrogen) atoms. The molecule has 4 aromatic heterocycles. The summed E-state index contributed by atoms with van der Waals surface area (Å²) in [5, 5.41) is 23.5. The molecule has 0 aliphatic heterocycles. The average Bonchev–Trinajstić information content (AvgIpc) is 1.24. The van der Waals surface area contributed by atoms with E-state index in [1.165, 1.54) is 98.0 Å². The minimum atomic E-state index is 0.895. The first-order valence-corrected chi connectivity index (χ1v) is 48.8. The van der Waals surface area contributed by atoms with Crippen LogP contribution >= 0.6 is 0 Å². The maximum absolute atomic E-state index is 6.59. The smallest absolute Gasteiger partial charge is 0.143 e. The van der Waals surface area contributed by atoms with Gasteiger partial charge in [0, 0.05) is 132 Å². The lowest BCUT2D eigenvalue weighted by atomic mass is 9.91. The summed E-state index contributed by atoms with van der Waals surface area (Å²) in [7, 11) is 0. The van der Waals surface area contributed by atoms with Gasteiger partial charge in [-0.3, -0.25) is 0 Å². The number of rotatable bonds is 16. The Morgan fingerprint density at radius 2 is 0.359 bits per heavy atom. The zero-order valence-corrected chi connectivity index (χ0v) is 79.1. The van der Waals surface area contributed by atoms with Crippen LogP contribution in [0.3, 0.4) is 0 Å². The number of aryl methyl sites for hydroxylation is 6. The predicted molar refractivity (Wildman–Crippen MR) is 598 cm³/mol. The normalized spacial score (nSPS) is 11.9. The van der Waals surface area contributed by atoms with Crippen LogP contribution in [0.15, 0.2) is 467 Å². The number of nitrogens with zero attached hydrogens (tertiary/aromatic N) is 4. The summed E-state index contributed by atoms with van der Waals surface area (Å²) in [6, 6.07) is 163. The fourth-order valence-electron chi connectivity index (χ4n) is 22.9. The summed E-state index contributed by atoms with van der Waals surface area (Å²) in [5.74, 6) is 0. The van der Waals surface area contributed by atoms with Crippen molar-refractivity contribution in [3.8, 4) is 44.5 Å². The molecule has 0 bridgehead atoms. The molecule has 0 aliphatic carbocycles. The zero-order valence-electron chi connectivity index (χ0n) is 79.1. The number of anilines is 12. The van der Waals surface area contributed by atoms with E-state index in [2.05, 4.69) is 486 Å². The molecule has 0 N–H and O–H groups in total. The minimum Gasteiger partial charge on any atom is -0.455 e. The highest BCUT2D eigenvalue weighted by molar-refractivity contribution is 6.31. The SMILES string of the molecule is Cc1cc(C)cc(N(c2cccc(-c3cccc4c3oc3ccccc34)c2)c2ccc3ccc4c(N(c5cc(C)cc(C)c5)c5cccc(-c6cccc7c6oc6ccccc67)c5)ccc5ccc2c3c54)c1.Cc1cccc(N(c2cccc(-c3cccc4c3oc3ccccc34)c2)c2ccc3ccc4c(N(c5cccc(C)c5)c5cccc(-c6cccc7c6oc6ccccc67)c5)ccc5ccc2c3c54)c1. The molecule has 0 aliphatic rings. The Labute approximate surface area is 820 Å². The quantitative estimate of drug-likeness (QED) is 0.0887. The van der Waals surface area contributed by atoms with Gasteiger partial charge in [0.1, 0.15) is 44.7 Å². The van der Waals surface area contributed by atoms with Gasteiger partial charge >= 0.3 is 0 Å². The number of benzene rings is 24. The van der Waals surface area contributed by atoms with Crippen molar-refractivity contribution in [3.05, 3.63) is 482 Å². The fourth-order valence-corrected chi connectivity index (χ4v) is 22.9. The average molecular weight is 1820 g/mol. The Hall–Kier alpha value is -18.2. The van der Waals surface area contributed by atoms with Gasteiger partial charge < -0.3 is 37.3 Å². The van der Waals surface area contributed by atoms with E-state index in [4.69, 9.17) is 17.7 Å². The Kier molecular flexibility index (Phi) is 19.5. The molecule has 28 rings (SSSR count). The molecule has 0 radical (unpaired) electrons. The first-order chi connectivity index (χ1) is 69.8. The topological polar surface area (TPSA) is 65.5 Å². The van der Waals surface area contributed by atoms with Gasteiger partial charge in [-0.1, -0.05) is 303 Å². The van der Waals surface area contributed by atoms with Gasteiger partial charge in [-0.25, -0.2) is 0 Å². The molecule has 0 amide bonds. The van der Waals surface area contributed by atoms with E-state index in [-0.39, 0.29) is 0 Å². The molecule has 0 saturated carbocycles. The van der Waals surface area contributed by atoms with Crippen LogP contribution in [0.1, 0.15) is 33.4 Å². The third-order valence-electron chi connectivity index (χ3n) is 28.9. The summed E-state index contributed by atoms with van der Waals surface area (Å²) < 4.78 is 26.3. The lowest BCUT2D eigenvalue weighted by Gasteiger charge is -2.30. The van der Waals surface area contributed by atoms with Crippen molar-refractivity contribution in [2.75, 3.05) is 19.6 Å². The number of fused-ring (bicyclic) bond motifs is 12. The van der Waals surface area contributed by atoms with Gasteiger partial charge in [0.25, 0.3) is 0 Å². The van der Waals surface area contributed by atoms with E-state index in [1.807, 2.05) is 24.3 Å². The maximum Gasteiger partial charge on any atom is 0.143 e.